The van der Waals surface area contributed by atoms with Gasteiger partial charge in [-0.3, -0.25) is 33.6 Å². The lowest BCUT2D eigenvalue weighted by Crippen LogP contribution is -2.58. The highest BCUT2D eigenvalue weighted by Crippen LogP contribution is 2.19. The highest BCUT2D eigenvalue weighted by Gasteiger charge is 2.37. The summed E-state index contributed by atoms with van der Waals surface area (Å²) in [5, 5.41) is 32.2. The fourth-order valence-electron chi connectivity index (χ4n) is 7.18. The largest absolute Gasteiger partial charge is 0.481 e. The maximum absolute atomic E-state index is 14.1. The van der Waals surface area contributed by atoms with Gasteiger partial charge in [-0.1, -0.05) is 91.0 Å². The molecule has 1 saturated heterocycles. The van der Waals surface area contributed by atoms with Gasteiger partial charge in [0.15, 0.2) is 0 Å². The Morgan fingerprint density at radius 2 is 1.13 bits per heavy atom. The zero-order valence-corrected chi connectivity index (χ0v) is 35.1. The second-order valence-electron chi connectivity index (χ2n) is 15.4. The number of carbonyl (C=O) groups is 8. The quantitative estimate of drug-likeness (QED) is 0.0515. The monoisotopic (exact) mass is 870 g/mol. The summed E-state index contributed by atoms with van der Waals surface area (Å²) >= 11 is 0. The van der Waals surface area contributed by atoms with E-state index >= 15 is 0 Å². The summed E-state index contributed by atoms with van der Waals surface area (Å²) in [6, 6.07) is 19.5. The van der Waals surface area contributed by atoms with Crippen LogP contribution in [0, 0.1) is 0 Å². The molecule has 0 aliphatic carbocycles. The van der Waals surface area contributed by atoms with Crippen LogP contribution < -0.4 is 38.1 Å². The molecule has 1 heterocycles. The van der Waals surface area contributed by atoms with Crippen molar-refractivity contribution in [2.75, 3.05) is 19.6 Å². The minimum absolute atomic E-state index is 0.00409. The van der Waals surface area contributed by atoms with Crippen molar-refractivity contribution in [3.8, 4) is 0 Å². The van der Waals surface area contributed by atoms with Crippen molar-refractivity contribution in [1.29, 1.82) is 0 Å². The first-order chi connectivity index (χ1) is 30.2. The molecule has 3 aromatic carbocycles. The van der Waals surface area contributed by atoms with Crippen LogP contribution >= 0.6 is 0 Å². The molecule has 0 unspecified atom stereocenters. The maximum atomic E-state index is 14.1. The number of nitrogens with two attached hydrogens (primary N) is 2. The van der Waals surface area contributed by atoms with Crippen LogP contribution in [0.3, 0.4) is 0 Å². The fraction of sp³-hybridized carbons (Fsp3) is 0.422. The van der Waals surface area contributed by atoms with Crippen molar-refractivity contribution >= 4 is 47.4 Å². The van der Waals surface area contributed by atoms with Crippen molar-refractivity contribution in [2.24, 2.45) is 11.5 Å². The van der Waals surface area contributed by atoms with Gasteiger partial charge >= 0.3 is 11.9 Å². The first-order valence-corrected chi connectivity index (χ1v) is 21.1. The standard InChI is InChI=1S/C45H58N8O10/c46-23-11-10-19-33(42(59)52-36(45(62)63)27-31-17-8-3-9-18-31)50-43(60)35(26-30-15-6-2-7-16-30)51-44(61)37-20-12-24-53(37)38(54)28-48-41(58)34(21-22-39(55)56)49-40(57)32(47)25-29-13-4-1-5-14-29/h1-9,13-18,32-37H,10-12,19-28,46-47H2,(H,48,58)(H,49,57)(H,50,60)(H,51,61)(H,52,59)(H,55,56)(H,62,63)/t32-,33-,34-,35-,36-,37-/m0/s1. The number of nitrogens with one attached hydrogen (secondary N) is 5. The smallest absolute Gasteiger partial charge is 0.326 e. The molecule has 338 valence electrons. The summed E-state index contributed by atoms with van der Waals surface area (Å²) in [7, 11) is 0. The third-order valence-corrected chi connectivity index (χ3v) is 10.6. The van der Waals surface area contributed by atoms with E-state index in [1.54, 1.807) is 84.9 Å². The lowest BCUT2D eigenvalue weighted by Gasteiger charge is -2.28. The Hall–Kier alpha value is -6.66. The summed E-state index contributed by atoms with van der Waals surface area (Å²) in [6.45, 7) is -0.0903. The van der Waals surface area contributed by atoms with Gasteiger partial charge < -0.3 is 53.2 Å². The molecule has 1 aliphatic rings. The van der Waals surface area contributed by atoms with Crippen molar-refractivity contribution < 1.29 is 48.6 Å². The lowest BCUT2D eigenvalue weighted by atomic mass is 10.0. The topological polar surface area (TPSA) is 292 Å². The summed E-state index contributed by atoms with van der Waals surface area (Å²) in [5.74, 6) is -6.67. The molecule has 11 N–H and O–H groups in total. The first kappa shape index (κ1) is 49.0. The van der Waals surface area contributed by atoms with E-state index in [1.165, 1.54) is 4.90 Å². The average molecular weight is 871 g/mol. The fourth-order valence-corrected chi connectivity index (χ4v) is 7.18. The molecule has 0 spiro atoms. The molecule has 3 aromatic rings. The average Bonchev–Trinajstić information content (AvgIpc) is 3.77. The number of rotatable bonds is 25. The minimum Gasteiger partial charge on any atom is -0.481 e. The number of amides is 6. The van der Waals surface area contributed by atoms with Crippen LogP contribution in [-0.2, 0) is 57.6 Å². The van der Waals surface area contributed by atoms with Gasteiger partial charge in [-0.05, 0) is 68.2 Å². The SMILES string of the molecule is NCCCC[C@H](NC(=O)[C@H](Cc1ccccc1)NC(=O)[C@@H]1CCCN1C(=O)CNC(=O)[C@H](CCC(=O)O)NC(=O)[C@@H](N)Cc1ccccc1)C(=O)N[C@@H](Cc1ccccc1)C(=O)O. The molecule has 18 heteroatoms. The van der Waals surface area contributed by atoms with Gasteiger partial charge in [-0.15, -0.1) is 0 Å². The Morgan fingerprint density at radius 3 is 1.68 bits per heavy atom. The molecule has 63 heavy (non-hydrogen) atoms. The Kier molecular flexibility index (Phi) is 19.7. The second-order valence-corrected chi connectivity index (χ2v) is 15.4. The third kappa shape index (κ3) is 16.3. The van der Waals surface area contributed by atoms with E-state index in [2.05, 4.69) is 26.6 Å². The lowest BCUT2D eigenvalue weighted by molar-refractivity contribution is -0.142. The number of benzene rings is 3. The van der Waals surface area contributed by atoms with Crippen LogP contribution in [0.25, 0.3) is 0 Å². The molecule has 0 aromatic heterocycles. The van der Waals surface area contributed by atoms with E-state index in [0.717, 1.165) is 5.56 Å². The van der Waals surface area contributed by atoms with Gasteiger partial charge in [0.05, 0.1) is 12.6 Å². The highest BCUT2D eigenvalue weighted by molar-refractivity contribution is 5.96. The Labute approximate surface area is 365 Å². The van der Waals surface area contributed by atoms with Crippen LogP contribution in [0.15, 0.2) is 91.0 Å². The highest BCUT2D eigenvalue weighted by atomic mass is 16.4. The normalized spacial score (nSPS) is 15.7. The van der Waals surface area contributed by atoms with Gasteiger partial charge in [0.1, 0.15) is 30.2 Å². The van der Waals surface area contributed by atoms with Crippen LogP contribution in [0.2, 0.25) is 0 Å². The maximum Gasteiger partial charge on any atom is 0.326 e. The van der Waals surface area contributed by atoms with Crippen LogP contribution in [0.5, 0.6) is 0 Å². The molecule has 1 fully saturated rings. The van der Waals surface area contributed by atoms with Crippen LogP contribution in [-0.4, -0.2) is 118 Å². The zero-order valence-electron chi connectivity index (χ0n) is 35.1. The van der Waals surface area contributed by atoms with Crippen molar-refractivity contribution in [2.45, 2.75) is 100 Å². The van der Waals surface area contributed by atoms with Crippen molar-refractivity contribution in [3.63, 3.8) is 0 Å². The molecule has 6 atom stereocenters. The third-order valence-electron chi connectivity index (χ3n) is 10.6. The number of hydrogen-bond acceptors (Lipinski definition) is 10. The van der Waals surface area contributed by atoms with Gasteiger partial charge in [0, 0.05) is 25.8 Å². The van der Waals surface area contributed by atoms with E-state index in [9.17, 15) is 48.6 Å². The van der Waals surface area contributed by atoms with Crippen molar-refractivity contribution in [1.82, 2.24) is 31.5 Å². The van der Waals surface area contributed by atoms with E-state index in [4.69, 9.17) is 11.5 Å². The number of unbranched alkanes of at least 4 members (excludes halogenated alkanes) is 1. The predicted octanol–water partition coefficient (Wildman–Crippen LogP) is 0.167. The van der Waals surface area contributed by atoms with Crippen LogP contribution in [0.4, 0.5) is 0 Å². The summed E-state index contributed by atoms with van der Waals surface area (Å²) in [4.78, 5) is 106. The summed E-state index contributed by atoms with van der Waals surface area (Å²) < 4.78 is 0. The predicted molar refractivity (Wildman–Crippen MR) is 231 cm³/mol. The number of carbonyl (C=O) groups excluding carboxylic acids is 6. The second kappa shape index (κ2) is 25.3. The minimum atomic E-state index is -1.32. The molecule has 0 bridgehead atoms. The zero-order chi connectivity index (χ0) is 45.7. The molecular formula is C45H58N8O10. The van der Waals surface area contributed by atoms with Crippen LogP contribution in [0.1, 0.15) is 61.6 Å². The van der Waals surface area contributed by atoms with Gasteiger partial charge in [0.25, 0.3) is 0 Å². The van der Waals surface area contributed by atoms with E-state index in [1.807, 2.05) is 6.07 Å². The molecule has 4 rings (SSSR count). The van der Waals surface area contributed by atoms with E-state index < -0.39 is 96.6 Å². The molecule has 6 amide bonds. The summed E-state index contributed by atoms with van der Waals surface area (Å²) in [5.41, 5.74) is 13.9. The summed E-state index contributed by atoms with van der Waals surface area (Å²) in [6.07, 6.45) is 1.22. The number of aliphatic carboxylic acids is 2. The van der Waals surface area contributed by atoms with E-state index in [0.29, 0.717) is 36.9 Å². The number of carboxylic acids is 2. The number of nitrogens with zero attached hydrogens (tertiary/aromatic N) is 1. The van der Waals surface area contributed by atoms with E-state index in [-0.39, 0.29) is 45.1 Å². The molecule has 0 saturated carbocycles. The molecule has 18 nitrogen and oxygen atoms in total. The Balaban J connectivity index is 1.43. The van der Waals surface area contributed by atoms with Gasteiger partial charge in [0.2, 0.25) is 35.4 Å². The molecule has 1 aliphatic heterocycles. The molecule has 0 radical (unpaired) electrons. The Bertz CT molecular complexity index is 2010. The number of hydrogen-bond donors (Lipinski definition) is 9. The first-order valence-electron chi connectivity index (χ1n) is 21.1. The number of carboxylic acid groups (broad SMARTS) is 2. The molecular weight excluding hydrogens is 813 g/mol. The Morgan fingerprint density at radius 1 is 0.619 bits per heavy atom. The van der Waals surface area contributed by atoms with Crippen molar-refractivity contribution in [3.05, 3.63) is 108 Å². The number of likely N-dealkylation sites (tertiary alicyclic amines) is 1. The van der Waals surface area contributed by atoms with Gasteiger partial charge in [-0.25, -0.2) is 4.79 Å². The van der Waals surface area contributed by atoms with Gasteiger partial charge in [-0.2, -0.15) is 0 Å².